The van der Waals surface area contributed by atoms with Crippen LogP contribution < -0.4 is 0 Å². The summed E-state index contributed by atoms with van der Waals surface area (Å²) >= 11 is 0.914. The Labute approximate surface area is 169 Å². The van der Waals surface area contributed by atoms with Crippen molar-refractivity contribution in [2.75, 3.05) is 0 Å². The zero-order chi connectivity index (χ0) is 20.4. The fraction of sp³-hybridized carbons (Fsp3) is 0.0455. The highest BCUT2D eigenvalue weighted by molar-refractivity contribution is 8.03. The van der Waals surface area contributed by atoms with Gasteiger partial charge in [0.15, 0.2) is 11.4 Å². The molecule has 0 aliphatic rings. The summed E-state index contributed by atoms with van der Waals surface area (Å²) in [5.74, 6) is -0.164. The van der Waals surface area contributed by atoms with Gasteiger partial charge in [-0.05, 0) is 43.0 Å². The molecule has 0 radical (unpaired) electrons. The fourth-order valence-corrected chi connectivity index (χ4v) is 3.43. The number of thioether (sulfide) groups is 1. The van der Waals surface area contributed by atoms with Crippen LogP contribution in [0.15, 0.2) is 79.6 Å². The maximum atomic E-state index is 11.7. The molecule has 0 unspecified atom stereocenters. The van der Waals surface area contributed by atoms with Crippen molar-refractivity contribution in [2.24, 2.45) is 0 Å². The van der Waals surface area contributed by atoms with Gasteiger partial charge in [0.2, 0.25) is 0 Å². The Morgan fingerprint density at radius 3 is 2.45 bits per heavy atom. The quantitative estimate of drug-likeness (QED) is 0.257. The van der Waals surface area contributed by atoms with E-state index < -0.39 is 5.97 Å². The number of aliphatic carboxylic acids is 1. The molecule has 2 aromatic carbocycles. The van der Waals surface area contributed by atoms with Gasteiger partial charge in [0.1, 0.15) is 21.9 Å². The predicted octanol–water partition coefficient (Wildman–Crippen LogP) is 5.51. The summed E-state index contributed by atoms with van der Waals surface area (Å²) in [6, 6.07) is 17.7. The van der Waals surface area contributed by atoms with Crippen molar-refractivity contribution in [1.29, 1.82) is 0 Å². The van der Waals surface area contributed by atoms with Gasteiger partial charge in [-0.25, -0.2) is 9.78 Å². The second kappa shape index (κ2) is 7.81. The minimum absolute atomic E-state index is 0.0121. The van der Waals surface area contributed by atoms with E-state index in [-0.39, 0.29) is 15.9 Å². The number of rotatable bonds is 6. The van der Waals surface area contributed by atoms with Gasteiger partial charge in [-0.1, -0.05) is 36.4 Å². The van der Waals surface area contributed by atoms with Gasteiger partial charge in [0, 0.05) is 17.2 Å². The van der Waals surface area contributed by atoms with Crippen molar-refractivity contribution in [3.8, 4) is 11.3 Å². The molecule has 1 N–H and O–H groups in total. The second-order valence-corrected chi connectivity index (χ2v) is 7.19. The molecule has 29 heavy (non-hydrogen) atoms. The predicted molar refractivity (Wildman–Crippen MR) is 110 cm³/mol. The number of para-hydroxylation sites is 2. The molecule has 7 heteroatoms. The van der Waals surface area contributed by atoms with E-state index in [0.29, 0.717) is 28.2 Å². The van der Waals surface area contributed by atoms with Crippen LogP contribution in [-0.2, 0) is 4.79 Å². The highest BCUT2D eigenvalue weighted by Crippen LogP contribution is 2.32. The summed E-state index contributed by atoms with van der Waals surface area (Å²) in [5.41, 5.74) is 2.66. The molecule has 2 aromatic heterocycles. The lowest BCUT2D eigenvalue weighted by molar-refractivity contribution is -0.131. The van der Waals surface area contributed by atoms with E-state index in [1.807, 2.05) is 12.1 Å². The maximum Gasteiger partial charge on any atom is 0.342 e. The van der Waals surface area contributed by atoms with Crippen molar-refractivity contribution in [3.05, 3.63) is 76.9 Å². The molecule has 0 amide bonds. The minimum Gasteiger partial charge on any atom is -0.477 e. The van der Waals surface area contributed by atoms with E-state index in [0.717, 1.165) is 17.3 Å². The standard InChI is InChI=1S/C22H15NO5S/c1-13(24)14-6-8-15(9-7-14)18-11-10-16(27-18)12-20(21(25)26)29-22-23-17-4-2-3-5-19(17)28-22/h2-12H,1H3,(H,25,26)/b20-12-. The van der Waals surface area contributed by atoms with Crippen molar-refractivity contribution < 1.29 is 23.5 Å². The monoisotopic (exact) mass is 405 g/mol. The van der Waals surface area contributed by atoms with Gasteiger partial charge >= 0.3 is 5.97 Å². The Balaban J connectivity index is 1.59. The second-order valence-electron chi connectivity index (χ2n) is 6.20. The van der Waals surface area contributed by atoms with Gasteiger partial charge in [0.25, 0.3) is 5.22 Å². The number of oxazole rings is 1. The van der Waals surface area contributed by atoms with Crippen LogP contribution >= 0.6 is 11.8 Å². The molecule has 4 aromatic rings. The molecule has 144 valence electrons. The highest BCUT2D eigenvalue weighted by atomic mass is 32.2. The number of nitrogens with zero attached hydrogens (tertiary/aromatic N) is 1. The largest absolute Gasteiger partial charge is 0.477 e. The Bertz CT molecular complexity index is 1200. The zero-order valence-electron chi connectivity index (χ0n) is 15.3. The fourth-order valence-electron chi connectivity index (χ4n) is 2.71. The average molecular weight is 405 g/mol. The summed E-state index contributed by atoms with van der Waals surface area (Å²) in [5, 5.41) is 9.79. The smallest absolute Gasteiger partial charge is 0.342 e. The van der Waals surface area contributed by atoms with Gasteiger partial charge in [-0.2, -0.15) is 0 Å². The number of Topliss-reactive ketones (excluding diaryl/α,β-unsaturated/α-hetero) is 1. The number of carboxylic acids is 1. The molecule has 0 saturated heterocycles. The van der Waals surface area contributed by atoms with Gasteiger partial charge < -0.3 is 13.9 Å². The number of ketones is 1. The number of carboxylic acid groups (broad SMARTS) is 1. The molecule has 2 heterocycles. The van der Waals surface area contributed by atoms with Gasteiger partial charge in [-0.3, -0.25) is 4.79 Å². The number of fused-ring (bicyclic) bond motifs is 1. The number of carbonyl (C=O) groups excluding carboxylic acids is 1. The Morgan fingerprint density at radius 2 is 1.76 bits per heavy atom. The highest BCUT2D eigenvalue weighted by Gasteiger charge is 2.16. The molecule has 0 bridgehead atoms. The molecule has 6 nitrogen and oxygen atoms in total. The summed E-state index contributed by atoms with van der Waals surface area (Å²) in [4.78, 5) is 27.4. The molecular formula is C22H15NO5S. The van der Waals surface area contributed by atoms with Gasteiger partial charge in [0.05, 0.1) is 0 Å². The molecular weight excluding hydrogens is 390 g/mol. The molecule has 0 atom stereocenters. The van der Waals surface area contributed by atoms with Crippen molar-refractivity contribution in [3.63, 3.8) is 0 Å². The molecule has 0 spiro atoms. The third kappa shape index (κ3) is 4.14. The lowest BCUT2D eigenvalue weighted by atomic mass is 10.1. The average Bonchev–Trinajstić information content (AvgIpc) is 3.34. The summed E-state index contributed by atoms with van der Waals surface area (Å²) in [6.45, 7) is 1.51. The van der Waals surface area contributed by atoms with E-state index in [1.165, 1.54) is 13.0 Å². The van der Waals surface area contributed by atoms with Crippen LogP contribution in [0, 0.1) is 0 Å². The van der Waals surface area contributed by atoms with E-state index in [1.54, 1.807) is 48.5 Å². The number of carbonyl (C=O) groups is 2. The van der Waals surface area contributed by atoms with E-state index >= 15 is 0 Å². The van der Waals surface area contributed by atoms with Crippen LogP contribution in [0.25, 0.3) is 28.5 Å². The number of aromatic nitrogens is 1. The zero-order valence-corrected chi connectivity index (χ0v) is 16.1. The van der Waals surface area contributed by atoms with E-state index in [9.17, 15) is 14.7 Å². The van der Waals surface area contributed by atoms with Crippen LogP contribution in [0.3, 0.4) is 0 Å². The first-order valence-electron chi connectivity index (χ1n) is 8.69. The van der Waals surface area contributed by atoms with E-state index in [4.69, 9.17) is 8.83 Å². The van der Waals surface area contributed by atoms with Crippen molar-refractivity contribution >= 4 is 40.7 Å². The summed E-state index contributed by atoms with van der Waals surface area (Å²) in [6.07, 6.45) is 1.43. The van der Waals surface area contributed by atoms with Crippen LogP contribution in [0.5, 0.6) is 0 Å². The number of furan rings is 1. The Morgan fingerprint density at radius 1 is 1.00 bits per heavy atom. The van der Waals surface area contributed by atoms with E-state index in [2.05, 4.69) is 4.98 Å². The van der Waals surface area contributed by atoms with Gasteiger partial charge in [-0.15, -0.1) is 0 Å². The SMILES string of the molecule is CC(=O)c1ccc(-c2ccc(/C=C(\Sc3nc4ccccc4o3)C(=O)O)o2)cc1. The number of hydrogen-bond acceptors (Lipinski definition) is 6. The lowest BCUT2D eigenvalue weighted by Crippen LogP contribution is -1.96. The Hall–Kier alpha value is -3.58. The summed E-state index contributed by atoms with van der Waals surface area (Å²) < 4.78 is 11.3. The van der Waals surface area contributed by atoms with Crippen LogP contribution in [-0.4, -0.2) is 21.8 Å². The first-order chi connectivity index (χ1) is 14.0. The summed E-state index contributed by atoms with van der Waals surface area (Å²) in [7, 11) is 0. The molecule has 0 aliphatic carbocycles. The normalized spacial score (nSPS) is 11.7. The van der Waals surface area contributed by atoms with Crippen LogP contribution in [0.4, 0.5) is 0 Å². The number of hydrogen-bond donors (Lipinski definition) is 1. The van der Waals surface area contributed by atoms with Crippen LogP contribution in [0.1, 0.15) is 23.0 Å². The lowest BCUT2D eigenvalue weighted by Gasteiger charge is -1.99. The third-order valence-corrected chi connectivity index (χ3v) is 5.02. The topological polar surface area (TPSA) is 93.5 Å². The Kier molecular flexibility index (Phi) is 5.05. The van der Waals surface area contributed by atoms with Crippen LogP contribution in [0.2, 0.25) is 0 Å². The maximum absolute atomic E-state index is 11.7. The first kappa shape index (κ1) is 18.8. The third-order valence-electron chi connectivity index (χ3n) is 4.16. The minimum atomic E-state index is -1.11. The molecule has 0 saturated carbocycles. The first-order valence-corrected chi connectivity index (χ1v) is 9.51. The number of benzene rings is 2. The molecule has 0 aliphatic heterocycles. The van der Waals surface area contributed by atoms with Crippen molar-refractivity contribution in [1.82, 2.24) is 4.98 Å². The molecule has 0 fully saturated rings. The molecule has 4 rings (SSSR count). The van der Waals surface area contributed by atoms with Crippen molar-refractivity contribution in [2.45, 2.75) is 12.1 Å².